The van der Waals surface area contributed by atoms with E-state index in [0.717, 1.165) is 5.56 Å². The molecule has 7 nitrogen and oxygen atoms in total. The van der Waals surface area contributed by atoms with Crippen LogP contribution < -0.4 is 16.6 Å². The van der Waals surface area contributed by atoms with Gasteiger partial charge < -0.3 is 21.1 Å². The Morgan fingerprint density at radius 1 is 1.47 bits per heavy atom. The van der Waals surface area contributed by atoms with Crippen LogP contribution in [-0.4, -0.2) is 21.0 Å². The zero-order chi connectivity index (χ0) is 13.8. The van der Waals surface area contributed by atoms with Gasteiger partial charge >= 0.3 is 5.97 Å². The fourth-order valence-corrected chi connectivity index (χ4v) is 1.55. The van der Waals surface area contributed by atoms with Crippen LogP contribution in [0.5, 0.6) is 0 Å². The molecule has 1 heterocycles. The number of benzene rings is 1. The van der Waals surface area contributed by atoms with Crippen LogP contribution in [0, 0.1) is 0 Å². The van der Waals surface area contributed by atoms with Crippen LogP contribution in [-0.2, 0) is 6.54 Å². The van der Waals surface area contributed by atoms with Gasteiger partial charge in [-0.1, -0.05) is 12.1 Å². The molecule has 19 heavy (non-hydrogen) atoms. The van der Waals surface area contributed by atoms with E-state index in [-0.39, 0.29) is 17.1 Å². The summed E-state index contributed by atoms with van der Waals surface area (Å²) in [7, 11) is 0. The largest absolute Gasteiger partial charge is 0.478 e. The molecule has 0 saturated carbocycles. The molecule has 0 unspecified atom stereocenters. The van der Waals surface area contributed by atoms with Crippen LogP contribution in [0.1, 0.15) is 15.9 Å². The molecular formula is C12H12N4O3. The summed E-state index contributed by atoms with van der Waals surface area (Å²) in [6.45, 7) is 0.321. The number of nitrogens with two attached hydrogens (primary N) is 1. The summed E-state index contributed by atoms with van der Waals surface area (Å²) in [6, 6.07) is 6.46. The second-order valence-electron chi connectivity index (χ2n) is 3.85. The number of hydrogen-bond acceptors (Lipinski definition) is 5. The highest BCUT2D eigenvalue weighted by atomic mass is 16.4. The molecule has 0 saturated heterocycles. The Morgan fingerprint density at radius 2 is 2.26 bits per heavy atom. The van der Waals surface area contributed by atoms with Gasteiger partial charge in [-0.3, -0.25) is 4.79 Å². The van der Waals surface area contributed by atoms with Crippen LogP contribution in [0.2, 0.25) is 0 Å². The van der Waals surface area contributed by atoms with Crippen LogP contribution in [0.15, 0.2) is 35.4 Å². The molecule has 0 atom stereocenters. The van der Waals surface area contributed by atoms with E-state index >= 15 is 0 Å². The molecule has 2 rings (SSSR count). The highest BCUT2D eigenvalue weighted by Gasteiger charge is 2.06. The predicted octanol–water partition coefficient (Wildman–Crippen LogP) is 0.662. The SMILES string of the molecule is Nc1c(NCc2cccc(C(=O)O)c2)nc[nH]c1=O. The Labute approximate surface area is 108 Å². The number of nitrogen functional groups attached to an aromatic ring is 1. The monoisotopic (exact) mass is 260 g/mol. The molecule has 1 aromatic carbocycles. The van der Waals surface area contributed by atoms with Gasteiger partial charge in [0.05, 0.1) is 11.9 Å². The summed E-state index contributed by atoms with van der Waals surface area (Å²) >= 11 is 0. The first-order chi connectivity index (χ1) is 9.08. The minimum absolute atomic E-state index is 0.00288. The first kappa shape index (κ1) is 12.6. The second-order valence-corrected chi connectivity index (χ2v) is 3.85. The maximum atomic E-state index is 11.3. The Bertz CT molecular complexity index is 666. The average Bonchev–Trinajstić information content (AvgIpc) is 2.41. The van der Waals surface area contributed by atoms with Gasteiger partial charge in [-0.15, -0.1) is 0 Å². The summed E-state index contributed by atoms with van der Waals surface area (Å²) in [5, 5.41) is 11.8. The van der Waals surface area contributed by atoms with E-state index in [1.807, 2.05) is 0 Å². The number of H-pyrrole nitrogens is 1. The quantitative estimate of drug-likeness (QED) is 0.640. The highest BCUT2D eigenvalue weighted by Crippen LogP contribution is 2.11. The van der Waals surface area contributed by atoms with Crippen molar-refractivity contribution in [2.75, 3.05) is 11.1 Å². The van der Waals surface area contributed by atoms with Crippen molar-refractivity contribution in [3.63, 3.8) is 0 Å². The van der Waals surface area contributed by atoms with Crippen molar-refractivity contribution in [1.82, 2.24) is 9.97 Å². The molecule has 0 amide bonds. The molecule has 5 N–H and O–H groups in total. The number of carbonyl (C=O) groups is 1. The van der Waals surface area contributed by atoms with Crippen LogP contribution in [0.3, 0.4) is 0 Å². The van der Waals surface area contributed by atoms with Crippen molar-refractivity contribution < 1.29 is 9.90 Å². The van der Waals surface area contributed by atoms with Gasteiger partial charge in [0.15, 0.2) is 5.82 Å². The Kier molecular flexibility index (Phi) is 3.46. The number of aromatic nitrogens is 2. The van der Waals surface area contributed by atoms with E-state index < -0.39 is 11.5 Å². The molecule has 0 spiro atoms. The summed E-state index contributed by atoms with van der Waals surface area (Å²) in [6.07, 6.45) is 1.24. The third-order valence-electron chi connectivity index (χ3n) is 2.52. The normalized spacial score (nSPS) is 10.1. The van der Waals surface area contributed by atoms with E-state index in [1.54, 1.807) is 18.2 Å². The highest BCUT2D eigenvalue weighted by molar-refractivity contribution is 5.87. The Balaban J connectivity index is 2.14. The van der Waals surface area contributed by atoms with Gasteiger partial charge in [-0.25, -0.2) is 9.78 Å². The molecule has 0 radical (unpaired) electrons. The van der Waals surface area contributed by atoms with Crippen molar-refractivity contribution in [3.05, 3.63) is 52.1 Å². The molecule has 2 aromatic rings. The van der Waals surface area contributed by atoms with E-state index in [2.05, 4.69) is 15.3 Å². The number of nitrogens with zero attached hydrogens (tertiary/aromatic N) is 1. The molecule has 98 valence electrons. The molecule has 0 aliphatic heterocycles. The lowest BCUT2D eigenvalue weighted by molar-refractivity contribution is 0.0697. The number of carboxylic acid groups (broad SMARTS) is 1. The van der Waals surface area contributed by atoms with Crippen LogP contribution in [0.4, 0.5) is 11.5 Å². The minimum atomic E-state index is -0.990. The standard InChI is InChI=1S/C12H12N4O3/c13-9-10(15-6-16-11(9)17)14-5-7-2-1-3-8(4-7)12(18)19/h1-4,6H,5,13H2,(H,18,19)(H2,14,15,16,17). The summed E-state index contributed by atoms with van der Waals surface area (Å²) in [5.41, 5.74) is 6.09. The van der Waals surface area contributed by atoms with E-state index in [0.29, 0.717) is 6.54 Å². The third kappa shape index (κ3) is 2.89. The molecule has 0 fully saturated rings. The lowest BCUT2D eigenvalue weighted by Gasteiger charge is -2.07. The molecule has 0 bridgehead atoms. The average molecular weight is 260 g/mol. The zero-order valence-electron chi connectivity index (χ0n) is 9.88. The lowest BCUT2D eigenvalue weighted by atomic mass is 10.1. The van der Waals surface area contributed by atoms with Gasteiger partial charge in [0, 0.05) is 6.54 Å². The van der Waals surface area contributed by atoms with Gasteiger partial charge in [-0.05, 0) is 17.7 Å². The third-order valence-corrected chi connectivity index (χ3v) is 2.52. The first-order valence-corrected chi connectivity index (χ1v) is 5.47. The first-order valence-electron chi connectivity index (χ1n) is 5.47. The number of hydrogen-bond donors (Lipinski definition) is 4. The molecule has 1 aromatic heterocycles. The van der Waals surface area contributed by atoms with E-state index in [1.165, 1.54) is 12.4 Å². The van der Waals surface area contributed by atoms with Crippen molar-refractivity contribution in [2.45, 2.75) is 6.54 Å². The summed E-state index contributed by atoms with van der Waals surface area (Å²) in [5.74, 6) is -0.722. The van der Waals surface area contributed by atoms with E-state index in [9.17, 15) is 9.59 Å². The lowest BCUT2D eigenvalue weighted by Crippen LogP contribution is -2.16. The Morgan fingerprint density at radius 3 is 3.00 bits per heavy atom. The Hall–Kier alpha value is -2.83. The summed E-state index contributed by atoms with van der Waals surface area (Å²) < 4.78 is 0. The number of aromatic carboxylic acids is 1. The minimum Gasteiger partial charge on any atom is -0.478 e. The summed E-state index contributed by atoms with van der Waals surface area (Å²) in [4.78, 5) is 28.3. The topological polar surface area (TPSA) is 121 Å². The van der Waals surface area contributed by atoms with E-state index in [4.69, 9.17) is 10.8 Å². The molecular weight excluding hydrogens is 248 g/mol. The number of aromatic amines is 1. The number of nitrogens with one attached hydrogen (secondary N) is 2. The van der Waals surface area contributed by atoms with Crippen molar-refractivity contribution in [2.24, 2.45) is 0 Å². The number of rotatable bonds is 4. The maximum absolute atomic E-state index is 11.3. The number of carboxylic acids is 1. The fourth-order valence-electron chi connectivity index (χ4n) is 1.55. The van der Waals surface area contributed by atoms with Crippen LogP contribution >= 0.6 is 0 Å². The van der Waals surface area contributed by atoms with Crippen LogP contribution in [0.25, 0.3) is 0 Å². The fraction of sp³-hybridized carbons (Fsp3) is 0.0833. The van der Waals surface area contributed by atoms with Gasteiger partial charge in [-0.2, -0.15) is 0 Å². The second kappa shape index (κ2) is 5.21. The van der Waals surface area contributed by atoms with Crippen molar-refractivity contribution in [1.29, 1.82) is 0 Å². The number of anilines is 2. The van der Waals surface area contributed by atoms with Crippen molar-refractivity contribution in [3.8, 4) is 0 Å². The van der Waals surface area contributed by atoms with Gasteiger partial charge in [0.2, 0.25) is 0 Å². The van der Waals surface area contributed by atoms with Crippen molar-refractivity contribution >= 4 is 17.5 Å². The maximum Gasteiger partial charge on any atom is 0.335 e. The predicted molar refractivity (Wildman–Crippen MR) is 70.0 cm³/mol. The zero-order valence-corrected chi connectivity index (χ0v) is 9.88. The van der Waals surface area contributed by atoms with Gasteiger partial charge in [0.25, 0.3) is 5.56 Å². The van der Waals surface area contributed by atoms with Gasteiger partial charge in [0.1, 0.15) is 5.69 Å². The smallest absolute Gasteiger partial charge is 0.335 e. The molecule has 0 aliphatic rings. The molecule has 0 aliphatic carbocycles. The molecule has 7 heteroatoms.